The van der Waals surface area contributed by atoms with Crippen molar-refractivity contribution in [2.75, 3.05) is 0 Å². The summed E-state index contributed by atoms with van der Waals surface area (Å²) in [4.78, 5) is 12.9. The second kappa shape index (κ2) is 10.5. The first-order valence-electron chi connectivity index (χ1n) is 11.2. The van der Waals surface area contributed by atoms with Crippen molar-refractivity contribution in [1.29, 1.82) is 0 Å². The molecule has 2 N–H and O–H groups in total. The molecule has 0 spiro atoms. The van der Waals surface area contributed by atoms with Crippen LogP contribution in [0.2, 0.25) is 0 Å². The van der Waals surface area contributed by atoms with Gasteiger partial charge in [-0.2, -0.15) is 0 Å². The molecule has 2 aromatic carbocycles. The number of nitrogens with one attached hydrogen (secondary N) is 1. The molecule has 0 unspecified atom stereocenters. The van der Waals surface area contributed by atoms with Gasteiger partial charge in [0.05, 0.1) is 13.2 Å². The summed E-state index contributed by atoms with van der Waals surface area (Å²) in [5.41, 5.74) is 3.72. The lowest BCUT2D eigenvalue weighted by atomic mass is 9.92. The van der Waals surface area contributed by atoms with Crippen molar-refractivity contribution in [2.45, 2.75) is 63.6 Å². The van der Waals surface area contributed by atoms with E-state index in [0.717, 1.165) is 47.9 Å². The maximum absolute atomic E-state index is 12.9. The molecule has 4 rings (SSSR count). The third-order valence-corrected chi connectivity index (χ3v) is 6.12. The van der Waals surface area contributed by atoms with Gasteiger partial charge < -0.3 is 19.9 Å². The predicted molar refractivity (Wildman–Crippen MR) is 122 cm³/mol. The number of hydrogen-bond acceptors (Lipinski definition) is 4. The molecular formula is C27H29NO4. The number of benzene rings is 2. The molecule has 1 heterocycles. The summed E-state index contributed by atoms with van der Waals surface area (Å²) in [5.74, 6) is 2.76. The minimum Gasteiger partial charge on any atom is -0.459 e. The second-order valence-corrected chi connectivity index (χ2v) is 8.43. The van der Waals surface area contributed by atoms with E-state index in [1.54, 1.807) is 0 Å². The monoisotopic (exact) mass is 431 g/mol. The van der Waals surface area contributed by atoms with Gasteiger partial charge in [0.2, 0.25) is 6.29 Å². The fraction of sp³-hybridized carbons (Fsp3) is 0.370. The van der Waals surface area contributed by atoms with Gasteiger partial charge in [-0.25, -0.2) is 0 Å². The summed E-state index contributed by atoms with van der Waals surface area (Å²) in [6.45, 7) is 0.369. The average Bonchev–Trinajstić information content (AvgIpc) is 3.36. The predicted octanol–water partition coefficient (Wildman–Crippen LogP) is 4.15. The number of aliphatic hydroxyl groups excluding tert-OH is 1. The number of carbonyl (C=O) groups excluding carboxylic acids is 1. The molecule has 1 aliphatic heterocycles. The first kappa shape index (κ1) is 22.1. The highest BCUT2D eigenvalue weighted by atomic mass is 16.7. The Labute approximate surface area is 189 Å². The van der Waals surface area contributed by atoms with Crippen molar-refractivity contribution < 1.29 is 19.4 Å². The molecule has 32 heavy (non-hydrogen) atoms. The molecule has 5 heteroatoms. The maximum Gasteiger partial charge on any atom is 0.286 e. The summed E-state index contributed by atoms with van der Waals surface area (Å²) in [6, 6.07) is 15.6. The number of terminal acetylenes is 1. The highest BCUT2D eigenvalue weighted by Crippen LogP contribution is 2.32. The van der Waals surface area contributed by atoms with Gasteiger partial charge in [-0.05, 0) is 47.7 Å². The van der Waals surface area contributed by atoms with E-state index in [2.05, 4.69) is 11.2 Å². The Hall–Kier alpha value is -3.07. The van der Waals surface area contributed by atoms with Gasteiger partial charge in [0.15, 0.2) is 5.76 Å². The Morgan fingerprint density at radius 3 is 2.44 bits per heavy atom. The molecule has 1 fully saturated rings. The molecule has 166 valence electrons. The Balaban J connectivity index is 1.48. The molecule has 2 aromatic rings. The summed E-state index contributed by atoms with van der Waals surface area (Å²) in [6.07, 6.45) is 11.8. The molecule has 1 aliphatic carbocycles. The summed E-state index contributed by atoms with van der Waals surface area (Å²) in [7, 11) is 0. The molecule has 2 aliphatic rings. The zero-order valence-corrected chi connectivity index (χ0v) is 18.1. The van der Waals surface area contributed by atoms with Crippen LogP contribution < -0.4 is 5.32 Å². The van der Waals surface area contributed by atoms with Crippen molar-refractivity contribution >= 4 is 5.91 Å². The number of hydrogen-bond donors (Lipinski definition) is 2. The smallest absolute Gasteiger partial charge is 0.286 e. The SMILES string of the molecule is C#Cc1ccc([C@@H]2C=C(C(=O)NC3CCCC3)O[C@H](OCc3ccc(CO)cc3)C2)cc1. The van der Waals surface area contributed by atoms with Crippen molar-refractivity contribution in [3.05, 3.63) is 82.6 Å². The van der Waals surface area contributed by atoms with Gasteiger partial charge in [0.25, 0.3) is 5.91 Å². The Bertz CT molecular complexity index is 982. The van der Waals surface area contributed by atoms with Gasteiger partial charge in [-0.15, -0.1) is 6.42 Å². The lowest BCUT2D eigenvalue weighted by molar-refractivity contribution is -0.150. The molecule has 0 bridgehead atoms. The highest BCUT2D eigenvalue weighted by Gasteiger charge is 2.30. The van der Waals surface area contributed by atoms with Gasteiger partial charge in [0.1, 0.15) is 0 Å². The zero-order valence-electron chi connectivity index (χ0n) is 18.1. The first-order valence-corrected chi connectivity index (χ1v) is 11.2. The second-order valence-electron chi connectivity index (χ2n) is 8.43. The lowest BCUT2D eigenvalue weighted by Gasteiger charge is -2.30. The Morgan fingerprint density at radius 1 is 1.09 bits per heavy atom. The molecule has 1 saturated carbocycles. The summed E-state index contributed by atoms with van der Waals surface area (Å²) >= 11 is 0. The van der Waals surface area contributed by atoms with Gasteiger partial charge >= 0.3 is 0 Å². The number of amides is 1. The lowest BCUT2D eigenvalue weighted by Crippen LogP contribution is -2.37. The molecule has 5 nitrogen and oxygen atoms in total. The highest BCUT2D eigenvalue weighted by molar-refractivity contribution is 5.92. The first-order chi connectivity index (χ1) is 15.6. The van der Waals surface area contributed by atoms with E-state index in [9.17, 15) is 9.90 Å². The molecule has 1 amide bonds. The van der Waals surface area contributed by atoms with Crippen LogP contribution in [-0.4, -0.2) is 23.3 Å². The third-order valence-electron chi connectivity index (χ3n) is 6.12. The van der Waals surface area contributed by atoms with Gasteiger partial charge in [-0.3, -0.25) is 4.79 Å². The van der Waals surface area contributed by atoms with Crippen molar-refractivity contribution in [1.82, 2.24) is 5.32 Å². The molecule has 2 atom stereocenters. The minimum atomic E-state index is -0.542. The van der Waals surface area contributed by atoms with Crippen LogP contribution >= 0.6 is 0 Å². The maximum atomic E-state index is 12.9. The van der Waals surface area contributed by atoms with E-state index in [4.69, 9.17) is 15.9 Å². The molecule has 0 radical (unpaired) electrons. The quantitative estimate of drug-likeness (QED) is 0.647. The van der Waals surface area contributed by atoms with E-state index in [-0.39, 0.29) is 24.5 Å². The Morgan fingerprint density at radius 2 is 1.78 bits per heavy atom. The number of ether oxygens (including phenoxy) is 2. The van der Waals surface area contributed by atoms with Crippen LogP contribution in [0.25, 0.3) is 0 Å². The van der Waals surface area contributed by atoms with E-state index < -0.39 is 6.29 Å². The molecule has 0 aromatic heterocycles. The van der Waals surface area contributed by atoms with Crippen LogP contribution in [-0.2, 0) is 27.5 Å². The van der Waals surface area contributed by atoms with Crippen molar-refractivity contribution in [3.8, 4) is 12.3 Å². The fourth-order valence-corrected chi connectivity index (χ4v) is 4.23. The van der Waals surface area contributed by atoms with Crippen LogP contribution in [0.3, 0.4) is 0 Å². The normalized spacial score (nSPS) is 20.8. The van der Waals surface area contributed by atoms with Crippen molar-refractivity contribution in [2.24, 2.45) is 0 Å². The van der Waals surface area contributed by atoms with E-state index >= 15 is 0 Å². The summed E-state index contributed by atoms with van der Waals surface area (Å²) in [5, 5.41) is 12.3. The van der Waals surface area contributed by atoms with E-state index in [1.807, 2.05) is 54.6 Å². The zero-order chi connectivity index (χ0) is 22.3. The van der Waals surface area contributed by atoms with Gasteiger partial charge in [0, 0.05) is 23.9 Å². The number of aliphatic hydroxyl groups is 1. The van der Waals surface area contributed by atoms with Crippen LogP contribution in [0.4, 0.5) is 0 Å². The summed E-state index contributed by atoms with van der Waals surface area (Å²) < 4.78 is 12.0. The fourth-order valence-electron chi connectivity index (χ4n) is 4.23. The third kappa shape index (κ3) is 5.59. The number of allylic oxidation sites excluding steroid dienone is 1. The molecule has 0 saturated heterocycles. The minimum absolute atomic E-state index is 0.0112. The largest absolute Gasteiger partial charge is 0.459 e. The average molecular weight is 432 g/mol. The van der Waals surface area contributed by atoms with Gasteiger partial charge in [-0.1, -0.05) is 55.2 Å². The van der Waals surface area contributed by atoms with Crippen molar-refractivity contribution in [3.63, 3.8) is 0 Å². The van der Waals surface area contributed by atoms with Crippen LogP contribution in [0.5, 0.6) is 0 Å². The van der Waals surface area contributed by atoms with Crippen LogP contribution in [0.1, 0.15) is 60.3 Å². The van der Waals surface area contributed by atoms with E-state index in [1.165, 1.54) is 0 Å². The van der Waals surface area contributed by atoms with Crippen LogP contribution in [0.15, 0.2) is 60.4 Å². The number of carbonyl (C=O) groups is 1. The number of rotatable bonds is 7. The standard InChI is InChI=1S/C27H29NO4/c1-2-19-11-13-22(14-12-19)23-15-25(27(30)28-24-5-3-4-6-24)32-26(16-23)31-18-21-9-7-20(17-29)8-10-21/h1,7-15,23-24,26,29H,3-6,16-18H2,(H,28,30)/t23-,26+/m1/s1. The topological polar surface area (TPSA) is 67.8 Å². The Kier molecular flexibility index (Phi) is 7.26. The molecular weight excluding hydrogens is 402 g/mol. The van der Waals surface area contributed by atoms with Crippen LogP contribution in [0, 0.1) is 12.3 Å². The van der Waals surface area contributed by atoms with E-state index in [0.29, 0.717) is 18.8 Å².